The minimum absolute atomic E-state index is 0.0947. The summed E-state index contributed by atoms with van der Waals surface area (Å²) in [6.45, 7) is 4.36. The third-order valence-electron chi connectivity index (χ3n) is 2.72. The number of hydrogen-bond donors (Lipinski definition) is 2. The Morgan fingerprint density at radius 3 is 2.76 bits per heavy atom. The van der Waals surface area contributed by atoms with Gasteiger partial charge in [-0.25, -0.2) is 4.39 Å². The fourth-order valence-electron chi connectivity index (χ4n) is 1.32. The van der Waals surface area contributed by atoms with Crippen molar-refractivity contribution < 1.29 is 4.39 Å². The van der Waals surface area contributed by atoms with Crippen LogP contribution in [0.5, 0.6) is 0 Å². The summed E-state index contributed by atoms with van der Waals surface area (Å²) in [5, 5.41) is 7.23. The van der Waals surface area contributed by atoms with Gasteiger partial charge in [0.25, 0.3) is 0 Å². The van der Waals surface area contributed by atoms with Crippen molar-refractivity contribution in [1.29, 1.82) is 5.41 Å². The fourth-order valence-corrected chi connectivity index (χ4v) is 2.53. The summed E-state index contributed by atoms with van der Waals surface area (Å²) in [5.41, 5.74) is 6.43. The summed E-state index contributed by atoms with van der Waals surface area (Å²) >= 11 is 1.74. The second-order valence-electron chi connectivity index (χ2n) is 4.25. The predicted molar refractivity (Wildman–Crippen MR) is 73.0 cm³/mol. The molecule has 0 aliphatic carbocycles. The Kier molecular flexibility index (Phi) is 5.48. The molecule has 1 atom stereocenters. The summed E-state index contributed by atoms with van der Waals surface area (Å²) in [5.74, 6) is 2.02. The molecule has 0 aliphatic heterocycles. The summed E-state index contributed by atoms with van der Waals surface area (Å²) < 4.78 is 13.7. The maximum absolute atomic E-state index is 13.7. The van der Waals surface area contributed by atoms with Crippen molar-refractivity contribution in [3.63, 3.8) is 0 Å². The van der Waals surface area contributed by atoms with Crippen LogP contribution >= 0.6 is 11.8 Å². The van der Waals surface area contributed by atoms with Gasteiger partial charge in [-0.05, 0) is 23.3 Å². The monoisotopic (exact) mass is 254 g/mol. The van der Waals surface area contributed by atoms with Crippen molar-refractivity contribution in [1.82, 2.24) is 0 Å². The molecule has 0 radical (unpaired) electrons. The predicted octanol–water partition coefficient (Wildman–Crippen LogP) is 3.39. The minimum atomic E-state index is -0.269. The lowest BCUT2D eigenvalue weighted by Crippen LogP contribution is -2.11. The van der Waals surface area contributed by atoms with E-state index in [0.29, 0.717) is 22.8 Å². The number of rotatable bonds is 6. The highest BCUT2D eigenvalue weighted by atomic mass is 32.2. The van der Waals surface area contributed by atoms with Gasteiger partial charge in [0.1, 0.15) is 11.7 Å². The zero-order valence-electron chi connectivity index (χ0n) is 10.3. The molecular weight excluding hydrogens is 235 g/mol. The summed E-state index contributed by atoms with van der Waals surface area (Å²) in [6, 6.07) is 4.75. The average Bonchev–Trinajstić information content (AvgIpc) is 2.30. The maximum atomic E-state index is 13.7. The van der Waals surface area contributed by atoms with Gasteiger partial charge in [-0.3, -0.25) is 5.41 Å². The van der Waals surface area contributed by atoms with Crippen LogP contribution in [0.3, 0.4) is 0 Å². The van der Waals surface area contributed by atoms with Crippen LogP contribution in [0.1, 0.15) is 31.4 Å². The number of nitrogen functional groups attached to an aromatic ring is 1. The number of thioether (sulfide) groups is 1. The molecule has 0 bridgehead atoms. The number of nitrogens with two attached hydrogens (primary N) is 1. The molecule has 0 saturated heterocycles. The van der Waals surface area contributed by atoms with Gasteiger partial charge in [-0.2, -0.15) is 11.8 Å². The third-order valence-corrected chi connectivity index (χ3v) is 4.04. The molecule has 1 rings (SSSR count). The first-order valence-corrected chi connectivity index (χ1v) is 6.90. The van der Waals surface area contributed by atoms with Gasteiger partial charge in [0, 0.05) is 11.3 Å². The summed E-state index contributed by atoms with van der Waals surface area (Å²) in [4.78, 5) is 0. The van der Waals surface area contributed by atoms with E-state index in [2.05, 4.69) is 13.8 Å². The van der Waals surface area contributed by atoms with Gasteiger partial charge in [-0.15, -0.1) is 0 Å². The molecule has 0 fully saturated rings. The Morgan fingerprint density at radius 1 is 1.53 bits per heavy atom. The standard InChI is InChI=1S/C13H19FN2S/c1-3-9(2)7-17-8-11-5-4-10(13(15)16)6-12(11)14/h4-6,9H,3,7-8H2,1-2H3,(H3,15,16). The first-order valence-electron chi connectivity index (χ1n) is 5.75. The van der Waals surface area contributed by atoms with Crippen LogP contribution in [0.4, 0.5) is 4.39 Å². The van der Waals surface area contributed by atoms with Crippen LogP contribution < -0.4 is 5.73 Å². The quantitative estimate of drug-likeness (QED) is 0.604. The van der Waals surface area contributed by atoms with Crippen molar-refractivity contribution >= 4 is 17.6 Å². The Balaban J connectivity index is 2.57. The van der Waals surface area contributed by atoms with Crippen molar-refractivity contribution in [2.24, 2.45) is 11.7 Å². The molecule has 1 aromatic carbocycles. The Morgan fingerprint density at radius 2 is 2.24 bits per heavy atom. The maximum Gasteiger partial charge on any atom is 0.127 e. The molecule has 0 amide bonds. The van der Waals surface area contributed by atoms with E-state index in [1.165, 1.54) is 6.07 Å². The molecule has 0 aliphatic rings. The first-order chi connectivity index (χ1) is 8.04. The third kappa shape index (κ3) is 4.38. The lowest BCUT2D eigenvalue weighted by molar-refractivity contribution is 0.616. The topological polar surface area (TPSA) is 49.9 Å². The van der Waals surface area contributed by atoms with Crippen LogP contribution in [0, 0.1) is 17.1 Å². The molecule has 2 nitrogen and oxygen atoms in total. The van der Waals surface area contributed by atoms with E-state index in [9.17, 15) is 4.39 Å². The molecule has 94 valence electrons. The summed E-state index contributed by atoms with van der Waals surface area (Å²) in [6.07, 6.45) is 1.15. The Bertz CT molecular complexity index is 393. The van der Waals surface area contributed by atoms with E-state index in [1.807, 2.05) is 0 Å². The molecule has 17 heavy (non-hydrogen) atoms. The Labute approximate surface area is 106 Å². The van der Waals surface area contributed by atoms with E-state index in [-0.39, 0.29) is 11.7 Å². The zero-order chi connectivity index (χ0) is 12.8. The van der Waals surface area contributed by atoms with E-state index in [4.69, 9.17) is 11.1 Å². The second kappa shape index (κ2) is 6.64. The lowest BCUT2D eigenvalue weighted by atomic mass is 10.1. The van der Waals surface area contributed by atoms with Gasteiger partial charge in [0.05, 0.1) is 0 Å². The molecule has 0 spiro atoms. The second-order valence-corrected chi connectivity index (χ2v) is 5.28. The highest BCUT2D eigenvalue weighted by Crippen LogP contribution is 2.20. The average molecular weight is 254 g/mol. The van der Waals surface area contributed by atoms with Crippen LogP contribution in [-0.2, 0) is 5.75 Å². The number of benzene rings is 1. The van der Waals surface area contributed by atoms with Gasteiger partial charge in [0.15, 0.2) is 0 Å². The molecule has 0 saturated carbocycles. The van der Waals surface area contributed by atoms with E-state index >= 15 is 0 Å². The van der Waals surface area contributed by atoms with Crippen molar-refractivity contribution in [3.8, 4) is 0 Å². The van der Waals surface area contributed by atoms with Gasteiger partial charge in [-0.1, -0.05) is 32.4 Å². The van der Waals surface area contributed by atoms with Gasteiger partial charge < -0.3 is 5.73 Å². The number of halogens is 1. The normalized spacial score (nSPS) is 12.4. The van der Waals surface area contributed by atoms with E-state index in [0.717, 1.165) is 12.2 Å². The van der Waals surface area contributed by atoms with E-state index < -0.39 is 0 Å². The largest absolute Gasteiger partial charge is 0.384 e. The molecule has 4 heteroatoms. The molecule has 0 aromatic heterocycles. The fraction of sp³-hybridized carbons (Fsp3) is 0.462. The zero-order valence-corrected chi connectivity index (χ0v) is 11.1. The smallest absolute Gasteiger partial charge is 0.127 e. The molecule has 3 N–H and O–H groups in total. The van der Waals surface area contributed by atoms with Crippen LogP contribution in [0.15, 0.2) is 18.2 Å². The molecule has 0 heterocycles. The van der Waals surface area contributed by atoms with Crippen molar-refractivity contribution in [3.05, 3.63) is 35.1 Å². The van der Waals surface area contributed by atoms with Crippen LogP contribution in [0.2, 0.25) is 0 Å². The van der Waals surface area contributed by atoms with Gasteiger partial charge in [0.2, 0.25) is 0 Å². The molecule has 1 unspecified atom stereocenters. The van der Waals surface area contributed by atoms with Crippen LogP contribution in [0.25, 0.3) is 0 Å². The van der Waals surface area contributed by atoms with Gasteiger partial charge >= 0.3 is 0 Å². The SMILES string of the molecule is CCC(C)CSCc1ccc(C(=N)N)cc1F. The highest BCUT2D eigenvalue weighted by Gasteiger charge is 2.06. The molecular formula is C13H19FN2S. The van der Waals surface area contributed by atoms with Crippen molar-refractivity contribution in [2.75, 3.05) is 5.75 Å². The van der Waals surface area contributed by atoms with E-state index in [1.54, 1.807) is 23.9 Å². The summed E-state index contributed by atoms with van der Waals surface area (Å²) in [7, 11) is 0. The molecule has 1 aromatic rings. The number of hydrogen-bond acceptors (Lipinski definition) is 2. The minimum Gasteiger partial charge on any atom is -0.384 e. The first kappa shape index (κ1) is 14.0. The highest BCUT2D eigenvalue weighted by molar-refractivity contribution is 7.98. The Hall–Kier alpha value is -1.03. The number of amidine groups is 1. The van der Waals surface area contributed by atoms with Crippen molar-refractivity contribution in [2.45, 2.75) is 26.0 Å². The lowest BCUT2D eigenvalue weighted by Gasteiger charge is -2.09. The van der Waals surface area contributed by atoms with Crippen LogP contribution in [-0.4, -0.2) is 11.6 Å². The number of nitrogens with one attached hydrogen (secondary N) is 1.